The summed E-state index contributed by atoms with van der Waals surface area (Å²) in [6.07, 6.45) is 3.45. The van der Waals surface area contributed by atoms with Gasteiger partial charge < -0.3 is 9.84 Å². The molecule has 0 bridgehead atoms. The highest BCUT2D eigenvalue weighted by atomic mass is 16.5. The molecule has 19 heavy (non-hydrogen) atoms. The fraction of sp³-hybridized carbons (Fsp3) is 0.647. The average molecular weight is 260 g/mol. The quantitative estimate of drug-likeness (QED) is 0.811. The van der Waals surface area contributed by atoms with E-state index in [2.05, 4.69) is 26.8 Å². The minimum absolute atomic E-state index is 0.0971. The van der Waals surface area contributed by atoms with Crippen LogP contribution in [0.25, 0.3) is 0 Å². The van der Waals surface area contributed by atoms with Crippen LogP contribution in [-0.4, -0.2) is 10.7 Å². The van der Waals surface area contributed by atoms with Crippen molar-refractivity contribution in [2.45, 2.75) is 58.5 Å². The third-order valence-corrected chi connectivity index (χ3v) is 5.15. The third-order valence-electron chi connectivity index (χ3n) is 5.15. The van der Waals surface area contributed by atoms with Crippen LogP contribution in [0.1, 0.15) is 57.1 Å². The highest BCUT2D eigenvalue weighted by Crippen LogP contribution is 2.58. The molecule has 3 rings (SSSR count). The summed E-state index contributed by atoms with van der Waals surface area (Å²) in [6.45, 7) is 8.82. The second-order valence-electron chi connectivity index (χ2n) is 6.84. The molecule has 3 unspecified atom stereocenters. The number of hydrogen-bond donors (Lipinski definition) is 1. The molecule has 1 aromatic carbocycles. The lowest BCUT2D eigenvalue weighted by molar-refractivity contribution is -0.0188. The normalized spacial score (nSPS) is 32.9. The third kappa shape index (κ3) is 1.76. The van der Waals surface area contributed by atoms with E-state index in [0.717, 1.165) is 29.7 Å². The maximum Gasteiger partial charge on any atom is 0.127 e. The van der Waals surface area contributed by atoms with Crippen LogP contribution in [0, 0.1) is 18.8 Å². The van der Waals surface area contributed by atoms with E-state index in [-0.39, 0.29) is 5.60 Å². The molecule has 0 saturated heterocycles. The molecule has 1 saturated carbocycles. The van der Waals surface area contributed by atoms with Crippen LogP contribution in [0.2, 0.25) is 0 Å². The summed E-state index contributed by atoms with van der Waals surface area (Å²) in [5.74, 6) is 2.89. The molecule has 1 aliphatic carbocycles. The van der Waals surface area contributed by atoms with Crippen LogP contribution in [-0.2, 0) is 0 Å². The van der Waals surface area contributed by atoms with Crippen LogP contribution < -0.4 is 4.74 Å². The fourth-order valence-electron chi connectivity index (χ4n) is 4.04. The lowest BCUT2D eigenvalue weighted by Gasteiger charge is -2.43. The van der Waals surface area contributed by atoms with E-state index in [1.54, 1.807) is 0 Å². The Labute approximate surface area is 115 Å². The number of rotatable bonds is 1. The van der Waals surface area contributed by atoms with Crippen LogP contribution in [0.15, 0.2) is 12.1 Å². The predicted molar refractivity (Wildman–Crippen MR) is 76.8 cm³/mol. The van der Waals surface area contributed by atoms with Gasteiger partial charge in [0.05, 0.1) is 0 Å². The number of phenolic OH excluding ortho intramolecular Hbond substituents is 1. The van der Waals surface area contributed by atoms with Crippen molar-refractivity contribution in [3.05, 3.63) is 23.3 Å². The van der Waals surface area contributed by atoms with Gasteiger partial charge in [0.2, 0.25) is 0 Å². The van der Waals surface area contributed by atoms with Gasteiger partial charge in [-0.3, -0.25) is 0 Å². The molecule has 1 aliphatic heterocycles. The molecule has 2 nitrogen and oxygen atoms in total. The molecule has 0 amide bonds. The number of ether oxygens (including phenoxy) is 1. The number of phenols is 1. The lowest BCUT2D eigenvalue weighted by atomic mass is 9.65. The van der Waals surface area contributed by atoms with Crippen molar-refractivity contribution in [2.24, 2.45) is 11.8 Å². The minimum atomic E-state index is -0.0971. The van der Waals surface area contributed by atoms with E-state index < -0.39 is 0 Å². The van der Waals surface area contributed by atoms with E-state index in [4.69, 9.17) is 4.74 Å². The zero-order valence-electron chi connectivity index (χ0n) is 12.4. The summed E-state index contributed by atoms with van der Waals surface area (Å²) in [5, 5.41) is 10.4. The van der Waals surface area contributed by atoms with Crippen molar-refractivity contribution < 1.29 is 9.84 Å². The molecule has 2 heteroatoms. The van der Waals surface area contributed by atoms with Gasteiger partial charge in [0.15, 0.2) is 0 Å². The molecule has 1 heterocycles. The van der Waals surface area contributed by atoms with Gasteiger partial charge in [0.1, 0.15) is 17.1 Å². The second kappa shape index (κ2) is 4.16. The molecule has 0 spiro atoms. The monoisotopic (exact) mass is 260 g/mol. The Bertz CT molecular complexity index is 506. The first-order valence-corrected chi connectivity index (χ1v) is 7.46. The van der Waals surface area contributed by atoms with Gasteiger partial charge in [0.25, 0.3) is 0 Å². The maximum atomic E-state index is 10.4. The molecule has 1 fully saturated rings. The zero-order valence-corrected chi connectivity index (χ0v) is 12.4. The van der Waals surface area contributed by atoms with Crippen molar-refractivity contribution in [1.82, 2.24) is 0 Å². The van der Waals surface area contributed by atoms with Crippen LogP contribution in [0.5, 0.6) is 11.5 Å². The van der Waals surface area contributed by atoms with Gasteiger partial charge >= 0.3 is 0 Å². The van der Waals surface area contributed by atoms with Gasteiger partial charge in [-0.05, 0) is 55.7 Å². The van der Waals surface area contributed by atoms with Crippen molar-refractivity contribution in [3.63, 3.8) is 0 Å². The highest BCUT2D eigenvalue weighted by molar-refractivity contribution is 5.54. The molecule has 104 valence electrons. The highest BCUT2D eigenvalue weighted by Gasteiger charge is 2.53. The first kappa shape index (κ1) is 12.8. The van der Waals surface area contributed by atoms with E-state index in [0.29, 0.717) is 23.5 Å². The smallest absolute Gasteiger partial charge is 0.127 e. The Kier molecular flexibility index (Phi) is 2.81. The molecule has 2 aliphatic rings. The standard InChI is InChI=1S/C17H24O2/c1-10(2)17-6-5-11(3)7-13(17)16-14(18)8-12(4)9-15(16)19-17/h8-11,13,18H,5-7H2,1-4H3. The Balaban J connectivity index is 2.13. The number of benzene rings is 1. The summed E-state index contributed by atoms with van der Waals surface area (Å²) < 4.78 is 6.41. The Morgan fingerprint density at radius 2 is 2.11 bits per heavy atom. The second-order valence-corrected chi connectivity index (χ2v) is 6.84. The molecule has 1 aromatic rings. The van der Waals surface area contributed by atoms with Gasteiger partial charge in [-0.1, -0.05) is 20.8 Å². The largest absolute Gasteiger partial charge is 0.508 e. The van der Waals surface area contributed by atoms with E-state index >= 15 is 0 Å². The summed E-state index contributed by atoms with van der Waals surface area (Å²) in [7, 11) is 0. The first-order chi connectivity index (χ1) is 8.94. The van der Waals surface area contributed by atoms with Gasteiger partial charge in [0, 0.05) is 11.5 Å². The molecular weight excluding hydrogens is 236 g/mol. The van der Waals surface area contributed by atoms with Gasteiger partial charge in [-0.2, -0.15) is 0 Å². The molecular formula is C17H24O2. The average Bonchev–Trinajstić information content (AvgIpc) is 2.63. The Morgan fingerprint density at radius 3 is 2.79 bits per heavy atom. The van der Waals surface area contributed by atoms with Crippen molar-refractivity contribution in [2.75, 3.05) is 0 Å². The molecule has 0 radical (unpaired) electrons. The van der Waals surface area contributed by atoms with Crippen LogP contribution in [0.3, 0.4) is 0 Å². The number of fused-ring (bicyclic) bond motifs is 3. The molecule has 0 aromatic heterocycles. The fourth-order valence-corrected chi connectivity index (χ4v) is 4.04. The van der Waals surface area contributed by atoms with Crippen molar-refractivity contribution in [1.29, 1.82) is 0 Å². The number of hydrogen-bond acceptors (Lipinski definition) is 2. The topological polar surface area (TPSA) is 29.5 Å². The Morgan fingerprint density at radius 1 is 1.37 bits per heavy atom. The summed E-state index contributed by atoms with van der Waals surface area (Å²) in [6, 6.07) is 3.96. The van der Waals surface area contributed by atoms with Crippen molar-refractivity contribution >= 4 is 0 Å². The number of aromatic hydroxyl groups is 1. The lowest BCUT2D eigenvalue weighted by Crippen LogP contribution is -2.46. The van der Waals surface area contributed by atoms with Gasteiger partial charge in [-0.25, -0.2) is 0 Å². The van der Waals surface area contributed by atoms with Crippen LogP contribution >= 0.6 is 0 Å². The SMILES string of the molecule is Cc1cc(O)c2c(c1)OC1(C(C)C)CCC(C)CC21. The predicted octanol–water partition coefficient (Wildman–Crippen LogP) is 4.39. The Hall–Kier alpha value is -1.18. The first-order valence-electron chi connectivity index (χ1n) is 7.46. The maximum absolute atomic E-state index is 10.4. The molecule has 1 N–H and O–H groups in total. The number of aryl methyl sites for hydroxylation is 1. The van der Waals surface area contributed by atoms with E-state index in [1.165, 1.54) is 6.42 Å². The van der Waals surface area contributed by atoms with Crippen molar-refractivity contribution in [3.8, 4) is 11.5 Å². The summed E-state index contributed by atoms with van der Waals surface area (Å²) in [5.41, 5.74) is 2.04. The van der Waals surface area contributed by atoms with E-state index in [1.807, 2.05) is 13.0 Å². The van der Waals surface area contributed by atoms with Gasteiger partial charge in [-0.15, -0.1) is 0 Å². The van der Waals surface area contributed by atoms with Crippen LogP contribution in [0.4, 0.5) is 0 Å². The van der Waals surface area contributed by atoms with E-state index in [9.17, 15) is 5.11 Å². The zero-order chi connectivity index (χ0) is 13.8. The summed E-state index contributed by atoms with van der Waals surface area (Å²) >= 11 is 0. The summed E-state index contributed by atoms with van der Waals surface area (Å²) in [4.78, 5) is 0. The molecule has 3 atom stereocenters. The minimum Gasteiger partial charge on any atom is -0.508 e.